The molecule has 1 N–H and O–H groups in total. The Bertz CT molecular complexity index is 685. The van der Waals surface area contributed by atoms with Crippen molar-refractivity contribution in [1.82, 2.24) is 0 Å². The Morgan fingerprint density at radius 1 is 1.33 bits per heavy atom. The maximum atomic E-state index is 12.7. The third kappa shape index (κ3) is 3.73. The zero-order valence-electron chi connectivity index (χ0n) is 16.1. The van der Waals surface area contributed by atoms with Gasteiger partial charge in [-0.3, -0.25) is 4.79 Å². The molecule has 1 saturated heterocycles. The number of benzene rings is 1. The number of rotatable bonds is 6. The molecule has 3 rings (SSSR count). The zero-order chi connectivity index (χ0) is 19.7. The molecule has 1 aromatic rings. The van der Waals surface area contributed by atoms with Crippen molar-refractivity contribution in [3.05, 3.63) is 35.9 Å². The third-order valence-corrected chi connectivity index (χ3v) is 5.94. The Balaban J connectivity index is 1.92. The number of hydrogen-bond donors (Lipinski definition) is 1. The summed E-state index contributed by atoms with van der Waals surface area (Å²) in [7, 11) is 0. The lowest BCUT2D eigenvalue weighted by Crippen LogP contribution is -2.71. The van der Waals surface area contributed by atoms with Gasteiger partial charge >= 0.3 is 11.9 Å². The van der Waals surface area contributed by atoms with E-state index in [2.05, 4.69) is 0 Å². The van der Waals surface area contributed by atoms with E-state index in [0.717, 1.165) is 12.8 Å². The van der Waals surface area contributed by atoms with Crippen LogP contribution in [-0.4, -0.2) is 47.1 Å². The van der Waals surface area contributed by atoms with Crippen LogP contribution in [0.15, 0.2) is 30.3 Å². The van der Waals surface area contributed by atoms with Gasteiger partial charge in [-0.1, -0.05) is 31.5 Å². The van der Waals surface area contributed by atoms with Crippen molar-refractivity contribution < 1.29 is 28.9 Å². The highest BCUT2D eigenvalue weighted by molar-refractivity contribution is 5.89. The molecule has 2 fully saturated rings. The molecule has 1 aromatic carbocycles. The fourth-order valence-corrected chi connectivity index (χ4v) is 4.25. The van der Waals surface area contributed by atoms with Crippen molar-refractivity contribution in [2.75, 3.05) is 6.61 Å². The summed E-state index contributed by atoms with van der Waals surface area (Å²) < 4.78 is 17.2. The minimum atomic E-state index is -1.25. The van der Waals surface area contributed by atoms with Gasteiger partial charge in [0.15, 0.2) is 5.60 Å². The van der Waals surface area contributed by atoms with Gasteiger partial charge in [0.25, 0.3) is 0 Å². The first-order valence-corrected chi connectivity index (χ1v) is 9.60. The topological polar surface area (TPSA) is 82.1 Å². The van der Waals surface area contributed by atoms with E-state index in [0.29, 0.717) is 18.4 Å². The molecule has 1 aliphatic heterocycles. The van der Waals surface area contributed by atoms with Gasteiger partial charge < -0.3 is 19.3 Å². The summed E-state index contributed by atoms with van der Waals surface area (Å²) in [5.41, 5.74) is -1.67. The van der Waals surface area contributed by atoms with Gasteiger partial charge in [-0.15, -0.1) is 0 Å². The van der Waals surface area contributed by atoms with Gasteiger partial charge in [0.05, 0.1) is 17.8 Å². The highest BCUT2D eigenvalue weighted by Crippen LogP contribution is 2.49. The van der Waals surface area contributed by atoms with Crippen LogP contribution in [0.4, 0.5) is 0 Å². The molecular weight excluding hydrogens is 348 g/mol. The predicted molar refractivity (Wildman–Crippen MR) is 98.1 cm³/mol. The minimum absolute atomic E-state index is 0.217. The molecule has 1 aliphatic carbocycles. The van der Waals surface area contributed by atoms with E-state index in [9.17, 15) is 14.7 Å². The normalized spacial score (nSPS) is 30.2. The smallest absolute Gasteiger partial charge is 0.338 e. The summed E-state index contributed by atoms with van der Waals surface area (Å²) in [6.45, 7) is 5.15. The van der Waals surface area contributed by atoms with Crippen LogP contribution in [0.1, 0.15) is 56.8 Å². The maximum Gasteiger partial charge on any atom is 0.338 e. The molecule has 148 valence electrons. The van der Waals surface area contributed by atoms with Crippen molar-refractivity contribution in [2.24, 2.45) is 5.92 Å². The zero-order valence-corrected chi connectivity index (χ0v) is 16.1. The molecule has 27 heavy (non-hydrogen) atoms. The van der Waals surface area contributed by atoms with Crippen LogP contribution in [0, 0.1) is 5.92 Å². The van der Waals surface area contributed by atoms with E-state index < -0.39 is 23.3 Å². The second-order valence-corrected chi connectivity index (χ2v) is 7.79. The lowest BCUT2D eigenvalue weighted by Gasteiger charge is -2.57. The number of carbonyl (C=O) groups is 2. The Morgan fingerprint density at radius 3 is 2.59 bits per heavy atom. The van der Waals surface area contributed by atoms with Gasteiger partial charge in [0.1, 0.15) is 12.2 Å². The van der Waals surface area contributed by atoms with Crippen LogP contribution in [-0.2, 0) is 19.0 Å². The molecule has 6 nitrogen and oxygen atoms in total. The van der Waals surface area contributed by atoms with Crippen LogP contribution in [0.3, 0.4) is 0 Å². The van der Waals surface area contributed by atoms with Crippen molar-refractivity contribution in [2.45, 2.75) is 69.9 Å². The van der Waals surface area contributed by atoms with E-state index in [4.69, 9.17) is 14.2 Å². The van der Waals surface area contributed by atoms with Crippen LogP contribution < -0.4 is 0 Å². The van der Waals surface area contributed by atoms with Gasteiger partial charge in [-0.2, -0.15) is 0 Å². The first-order valence-electron chi connectivity index (χ1n) is 9.60. The summed E-state index contributed by atoms with van der Waals surface area (Å²) in [5.74, 6) is -1.20. The SMILES string of the molecule is CCC(C)(O)[C@@H](OC(=O)c1ccccc1)C1CCCC2OC[C@]21OC(C)=O. The number of fused-ring (bicyclic) bond motifs is 1. The second kappa shape index (κ2) is 7.60. The molecule has 0 radical (unpaired) electrons. The van der Waals surface area contributed by atoms with E-state index in [1.807, 2.05) is 13.0 Å². The monoisotopic (exact) mass is 376 g/mol. The average molecular weight is 376 g/mol. The molecule has 0 amide bonds. The lowest BCUT2D eigenvalue weighted by atomic mass is 9.65. The van der Waals surface area contributed by atoms with E-state index in [1.165, 1.54) is 6.92 Å². The summed E-state index contributed by atoms with van der Waals surface area (Å²) in [6, 6.07) is 8.71. The highest BCUT2D eigenvalue weighted by atomic mass is 16.6. The van der Waals surface area contributed by atoms with E-state index >= 15 is 0 Å². The number of carbonyl (C=O) groups excluding carboxylic acids is 2. The Kier molecular flexibility index (Phi) is 5.58. The molecule has 1 saturated carbocycles. The predicted octanol–water partition coefficient (Wildman–Crippen LogP) is 2.87. The molecule has 1 heterocycles. The van der Waals surface area contributed by atoms with Crippen LogP contribution in [0.25, 0.3) is 0 Å². The maximum absolute atomic E-state index is 12.7. The lowest BCUT2D eigenvalue weighted by molar-refractivity contribution is -0.304. The van der Waals surface area contributed by atoms with Crippen molar-refractivity contribution >= 4 is 11.9 Å². The van der Waals surface area contributed by atoms with E-state index in [1.54, 1.807) is 31.2 Å². The molecule has 6 heteroatoms. The molecule has 0 aromatic heterocycles. The first-order chi connectivity index (χ1) is 12.8. The Morgan fingerprint density at radius 2 is 2.04 bits per heavy atom. The quantitative estimate of drug-likeness (QED) is 0.769. The third-order valence-electron chi connectivity index (χ3n) is 5.94. The van der Waals surface area contributed by atoms with Crippen LogP contribution in [0.5, 0.6) is 0 Å². The first kappa shape index (κ1) is 19.8. The summed E-state index contributed by atoms with van der Waals surface area (Å²) >= 11 is 0. The fraction of sp³-hybridized carbons (Fsp3) is 0.619. The molecule has 0 spiro atoms. The van der Waals surface area contributed by atoms with Gasteiger partial charge in [0.2, 0.25) is 0 Å². The summed E-state index contributed by atoms with van der Waals surface area (Å²) in [6.07, 6.45) is 1.72. The summed E-state index contributed by atoms with van der Waals surface area (Å²) in [5, 5.41) is 11.0. The Labute approximate surface area is 159 Å². The molecular formula is C21H28O6. The number of aliphatic hydroxyl groups is 1. The summed E-state index contributed by atoms with van der Waals surface area (Å²) in [4.78, 5) is 24.5. The Hall–Kier alpha value is -1.92. The van der Waals surface area contributed by atoms with Crippen molar-refractivity contribution in [3.63, 3.8) is 0 Å². The van der Waals surface area contributed by atoms with Gasteiger partial charge in [-0.25, -0.2) is 4.79 Å². The molecule has 3 unspecified atom stereocenters. The van der Waals surface area contributed by atoms with Crippen molar-refractivity contribution in [3.8, 4) is 0 Å². The van der Waals surface area contributed by atoms with Crippen molar-refractivity contribution in [1.29, 1.82) is 0 Å². The largest absolute Gasteiger partial charge is 0.455 e. The number of ether oxygens (including phenoxy) is 3. The molecule has 0 bridgehead atoms. The molecule has 2 aliphatic rings. The number of esters is 2. The van der Waals surface area contributed by atoms with E-state index in [-0.39, 0.29) is 24.6 Å². The van der Waals surface area contributed by atoms with Gasteiger partial charge in [-0.05, 0) is 38.3 Å². The average Bonchev–Trinajstić information content (AvgIpc) is 2.63. The molecule has 5 atom stereocenters. The minimum Gasteiger partial charge on any atom is -0.455 e. The highest BCUT2D eigenvalue weighted by Gasteiger charge is 2.63. The second-order valence-electron chi connectivity index (χ2n) is 7.79. The van der Waals surface area contributed by atoms with Gasteiger partial charge in [0, 0.05) is 12.8 Å². The van der Waals surface area contributed by atoms with Crippen LogP contribution >= 0.6 is 0 Å². The van der Waals surface area contributed by atoms with Crippen LogP contribution in [0.2, 0.25) is 0 Å². The fourth-order valence-electron chi connectivity index (χ4n) is 4.25. The standard InChI is InChI=1S/C21H28O6/c1-4-20(3,24)18(26-19(23)15-9-6-5-7-10-15)16-11-8-12-17-21(16,13-25-17)27-14(2)22/h5-7,9-10,16-18,24H,4,8,11-13H2,1-3H3/t16?,17?,18-,20?,21+/m0/s1. The number of hydrogen-bond acceptors (Lipinski definition) is 6.